The highest BCUT2D eigenvalue weighted by Gasteiger charge is 1.97. The summed E-state index contributed by atoms with van der Waals surface area (Å²) in [6.07, 6.45) is 3.18. The molecule has 1 rings (SSSR count). The van der Waals surface area contributed by atoms with E-state index >= 15 is 0 Å². The summed E-state index contributed by atoms with van der Waals surface area (Å²) in [6.45, 7) is 4.01. The number of aromatic nitrogens is 1. The second-order valence-corrected chi connectivity index (χ2v) is 2.32. The Morgan fingerprint density at radius 2 is 2.33 bits per heavy atom. The molecule has 0 saturated heterocycles. The summed E-state index contributed by atoms with van der Waals surface area (Å²) in [4.78, 5) is 4.07. The molecular weight excluding hydrogens is 152 g/mol. The molecule has 64 valence electrons. The fourth-order valence-corrected chi connectivity index (χ4v) is 0.784. The Hall–Kier alpha value is -1.39. The lowest BCUT2D eigenvalue weighted by Crippen LogP contribution is -2.24. The van der Waals surface area contributed by atoms with Crippen LogP contribution in [0.4, 0.5) is 5.82 Å². The molecule has 1 heterocycles. The predicted octanol–water partition coefficient (Wildman–Crippen LogP) is 0.364. The van der Waals surface area contributed by atoms with Crippen molar-refractivity contribution >= 4 is 5.82 Å². The van der Waals surface area contributed by atoms with E-state index in [2.05, 4.69) is 11.6 Å². The van der Waals surface area contributed by atoms with Crippen molar-refractivity contribution in [3.63, 3.8) is 0 Å². The zero-order valence-corrected chi connectivity index (χ0v) is 6.77. The maximum atomic E-state index is 5.51. The molecule has 0 amide bonds. The number of nitrogens with two attached hydrogens (primary N) is 2. The van der Waals surface area contributed by atoms with Gasteiger partial charge in [-0.1, -0.05) is 12.6 Å². The summed E-state index contributed by atoms with van der Waals surface area (Å²) < 4.78 is 0. The Morgan fingerprint density at radius 1 is 1.58 bits per heavy atom. The molecule has 4 N–H and O–H groups in total. The molecule has 0 aliphatic heterocycles. The van der Waals surface area contributed by atoms with Gasteiger partial charge in [0.05, 0.1) is 0 Å². The van der Waals surface area contributed by atoms with Gasteiger partial charge in [-0.15, -0.1) is 0 Å². The minimum atomic E-state index is 0.492. The first-order valence-electron chi connectivity index (χ1n) is 3.59. The van der Waals surface area contributed by atoms with Gasteiger partial charge in [-0.25, -0.2) is 10.8 Å². The molecule has 0 bridgehead atoms. The Labute approximate surface area is 71.5 Å². The fourth-order valence-electron chi connectivity index (χ4n) is 0.784. The van der Waals surface area contributed by atoms with Gasteiger partial charge in [0.15, 0.2) is 0 Å². The average Bonchev–Trinajstić information content (AvgIpc) is 2.17. The highest BCUT2D eigenvalue weighted by molar-refractivity contribution is 5.39. The van der Waals surface area contributed by atoms with E-state index in [1.54, 1.807) is 12.3 Å². The average molecular weight is 164 g/mol. The van der Waals surface area contributed by atoms with Gasteiger partial charge in [0.25, 0.3) is 0 Å². The molecule has 12 heavy (non-hydrogen) atoms. The molecule has 1 aromatic rings. The number of nitrogens with zero attached hydrogens (tertiary/aromatic N) is 2. The Kier molecular flexibility index (Phi) is 2.79. The van der Waals surface area contributed by atoms with Crippen molar-refractivity contribution in [3.05, 3.63) is 36.7 Å². The van der Waals surface area contributed by atoms with Crippen LogP contribution in [-0.2, 0) is 6.54 Å². The predicted molar refractivity (Wildman–Crippen MR) is 49.0 cm³/mol. The second-order valence-electron chi connectivity index (χ2n) is 2.32. The van der Waals surface area contributed by atoms with Gasteiger partial charge in [0, 0.05) is 18.9 Å². The zero-order valence-electron chi connectivity index (χ0n) is 6.77. The van der Waals surface area contributed by atoms with Crippen LogP contribution in [0.2, 0.25) is 0 Å². The summed E-state index contributed by atoms with van der Waals surface area (Å²) >= 11 is 0. The molecule has 0 aromatic carbocycles. The summed E-state index contributed by atoms with van der Waals surface area (Å²) in [5.41, 5.74) is 6.39. The monoisotopic (exact) mass is 164 g/mol. The Bertz CT molecular complexity index is 254. The third-order valence-electron chi connectivity index (χ3n) is 1.51. The van der Waals surface area contributed by atoms with Gasteiger partial charge in [0.2, 0.25) is 0 Å². The lowest BCUT2D eigenvalue weighted by molar-refractivity contribution is 1.000. The van der Waals surface area contributed by atoms with Crippen molar-refractivity contribution in [1.29, 1.82) is 0 Å². The van der Waals surface area contributed by atoms with Crippen LogP contribution in [0.1, 0.15) is 5.56 Å². The fraction of sp³-hybridized carbons (Fsp3) is 0.125. The van der Waals surface area contributed by atoms with Crippen LogP contribution in [0.25, 0.3) is 0 Å². The molecule has 0 saturated carbocycles. The van der Waals surface area contributed by atoms with Gasteiger partial charge in [-0.2, -0.15) is 0 Å². The van der Waals surface area contributed by atoms with Crippen LogP contribution in [0.5, 0.6) is 0 Å². The maximum Gasteiger partial charge on any atom is 0.146 e. The number of hydrogen-bond donors (Lipinski definition) is 2. The van der Waals surface area contributed by atoms with Crippen molar-refractivity contribution in [2.24, 2.45) is 11.6 Å². The minimum Gasteiger partial charge on any atom is -0.326 e. The van der Waals surface area contributed by atoms with E-state index in [-0.39, 0.29) is 0 Å². The smallest absolute Gasteiger partial charge is 0.146 e. The molecule has 0 aliphatic rings. The van der Waals surface area contributed by atoms with Crippen molar-refractivity contribution in [2.45, 2.75) is 6.54 Å². The third kappa shape index (κ3) is 1.81. The van der Waals surface area contributed by atoms with Crippen molar-refractivity contribution in [1.82, 2.24) is 4.98 Å². The summed E-state index contributed by atoms with van der Waals surface area (Å²) in [7, 11) is 0. The molecule has 1 aromatic heterocycles. The summed E-state index contributed by atoms with van der Waals surface area (Å²) in [5, 5.41) is 1.35. The molecule has 0 spiro atoms. The van der Waals surface area contributed by atoms with Gasteiger partial charge in [-0.3, -0.25) is 5.01 Å². The number of rotatable bonds is 3. The SMILES string of the molecule is C=CN(N)c1ccc(CN)cn1. The van der Waals surface area contributed by atoms with Crippen LogP contribution >= 0.6 is 0 Å². The zero-order chi connectivity index (χ0) is 8.97. The van der Waals surface area contributed by atoms with Crippen LogP contribution < -0.4 is 16.6 Å². The van der Waals surface area contributed by atoms with Gasteiger partial charge < -0.3 is 5.73 Å². The quantitative estimate of drug-likeness (QED) is 0.500. The highest BCUT2D eigenvalue weighted by Crippen LogP contribution is 2.07. The van der Waals surface area contributed by atoms with E-state index in [0.29, 0.717) is 12.4 Å². The number of hydrazine groups is 1. The van der Waals surface area contributed by atoms with E-state index in [9.17, 15) is 0 Å². The number of hydrogen-bond acceptors (Lipinski definition) is 4. The standard InChI is InChI=1S/C8H12N4/c1-2-12(10)8-4-3-7(5-9)6-11-8/h2-4,6H,1,5,9-10H2. The van der Waals surface area contributed by atoms with E-state index in [1.165, 1.54) is 11.2 Å². The lowest BCUT2D eigenvalue weighted by atomic mass is 10.3. The van der Waals surface area contributed by atoms with E-state index in [4.69, 9.17) is 11.6 Å². The first-order chi connectivity index (χ1) is 5.77. The Morgan fingerprint density at radius 3 is 2.75 bits per heavy atom. The molecule has 4 heteroatoms. The molecule has 0 unspecified atom stereocenters. The van der Waals surface area contributed by atoms with Crippen LogP contribution in [-0.4, -0.2) is 4.98 Å². The lowest BCUT2D eigenvalue weighted by Gasteiger charge is -2.11. The third-order valence-corrected chi connectivity index (χ3v) is 1.51. The molecule has 0 atom stereocenters. The first-order valence-corrected chi connectivity index (χ1v) is 3.59. The van der Waals surface area contributed by atoms with E-state index < -0.39 is 0 Å². The maximum absolute atomic E-state index is 5.51. The Balaban J connectivity index is 2.84. The highest BCUT2D eigenvalue weighted by atomic mass is 15.4. The summed E-state index contributed by atoms with van der Waals surface area (Å²) in [6, 6.07) is 3.68. The van der Waals surface area contributed by atoms with Gasteiger partial charge in [-0.05, 0) is 11.6 Å². The van der Waals surface area contributed by atoms with Gasteiger partial charge >= 0.3 is 0 Å². The second kappa shape index (κ2) is 3.85. The normalized spacial score (nSPS) is 9.50. The topological polar surface area (TPSA) is 68.2 Å². The van der Waals surface area contributed by atoms with E-state index in [0.717, 1.165) is 5.56 Å². The van der Waals surface area contributed by atoms with Crippen molar-refractivity contribution in [3.8, 4) is 0 Å². The van der Waals surface area contributed by atoms with Crippen LogP contribution in [0, 0.1) is 0 Å². The summed E-state index contributed by atoms with van der Waals surface area (Å²) in [5.74, 6) is 6.16. The number of anilines is 1. The van der Waals surface area contributed by atoms with E-state index in [1.807, 2.05) is 6.07 Å². The number of pyridine rings is 1. The molecule has 0 radical (unpaired) electrons. The first kappa shape index (κ1) is 8.70. The molecule has 0 aliphatic carbocycles. The van der Waals surface area contributed by atoms with Crippen LogP contribution in [0.15, 0.2) is 31.1 Å². The largest absolute Gasteiger partial charge is 0.326 e. The molecular formula is C8H12N4. The molecule has 0 fully saturated rings. The van der Waals surface area contributed by atoms with Gasteiger partial charge in [0.1, 0.15) is 5.82 Å². The van der Waals surface area contributed by atoms with Crippen molar-refractivity contribution < 1.29 is 0 Å². The van der Waals surface area contributed by atoms with Crippen LogP contribution in [0.3, 0.4) is 0 Å². The minimum absolute atomic E-state index is 0.492. The van der Waals surface area contributed by atoms with Crippen molar-refractivity contribution in [2.75, 3.05) is 5.01 Å². The molecule has 4 nitrogen and oxygen atoms in total.